The van der Waals surface area contributed by atoms with Gasteiger partial charge in [0.05, 0.1) is 19.5 Å². The Labute approximate surface area is 127 Å². The van der Waals surface area contributed by atoms with Crippen molar-refractivity contribution in [3.8, 4) is 0 Å². The van der Waals surface area contributed by atoms with E-state index >= 15 is 0 Å². The van der Waals surface area contributed by atoms with E-state index in [1.165, 1.54) is 32.1 Å². The molecule has 21 heavy (non-hydrogen) atoms. The highest BCUT2D eigenvalue weighted by Gasteiger charge is 2.40. The topological polar surface area (TPSA) is 79.2 Å². The SMILES string of the molecule is CCCCCCCC/C=C/O[C@H]1CO[C@@H]([C@H](O)CO)[C@H]1O. The van der Waals surface area contributed by atoms with Crippen LogP contribution in [0.4, 0.5) is 0 Å². The van der Waals surface area contributed by atoms with Gasteiger partial charge in [0.15, 0.2) is 0 Å². The number of hydrogen-bond acceptors (Lipinski definition) is 5. The molecule has 0 unspecified atom stereocenters. The fraction of sp³-hybridized carbons (Fsp3) is 0.875. The molecule has 1 fully saturated rings. The van der Waals surface area contributed by atoms with Crippen LogP contribution in [0.25, 0.3) is 0 Å². The minimum Gasteiger partial charge on any atom is -0.493 e. The van der Waals surface area contributed by atoms with E-state index in [4.69, 9.17) is 14.6 Å². The van der Waals surface area contributed by atoms with Crippen LogP contribution in [0.2, 0.25) is 0 Å². The van der Waals surface area contributed by atoms with Crippen molar-refractivity contribution in [1.82, 2.24) is 0 Å². The van der Waals surface area contributed by atoms with E-state index in [9.17, 15) is 10.2 Å². The second kappa shape index (κ2) is 11.0. The number of allylic oxidation sites excluding steroid dienone is 1. The molecule has 1 heterocycles. The standard InChI is InChI=1S/C16H30O5/c1-2-3-4-5-6-7-8-9-10-20-14-12-21-16(15(14)19)13(18)11-17/h9-10,13-19H,2-8,11-12H2,1H3/b10-9+/t13-,14+,15+,16+/m1/s1. The summed E-state index contributed by atoms with van der Waals surface area (Å²) in [5, 5.41) is 28.2. The second-order valence-corrected chi connectivity index (χ2v) is 5.64. The fourth-order valence-corrected chi connectivity index (χ4v) is 2.44. The molecule has 5 heteroatoms. The van der Waals surface area contributed by atoms with Crippen LogP contribution in [-0.2, 0) is 9.47 Å². The third kappa shape index (κ3) is 6.78. The van der Waals surface area contributed by atoms with Gasteiger partial charge in [0.1, 0.15) is 24.4 Å². The van der Waals surface area contributed by atoms with Crippen molar-refractivity contribution >= 4 is 0 Å². The van der Waals surface area contributed by atoms with Gasteiger partial charge in [0.2, 0.25) is 0 Å². The summed E-state index contributed by atoms with van der Waals surface area (Å²) in [5.41, 5.74) is 0. The normalized spacial score (nSPS) is 27.3. The maximum absolute atomic E-state index is 9.92. The number of aliphatic hydroxyl groups is 3. The summed E-state index contributed by atoms with van der Waals surface area (Å²) >= 11 is 0. The van der Waals surface area contributed by atoms with Crippen LogP contribution in [0.3, 0.4) is 0 Å². The molecule has 1 aliphatic rings. The van der Waals surface area contributed by atoms with Gasteiger partial charge in [0, 0.05) is 0 Å². The first-order valence-corrected chi connectivity index (χ1v) is 8.09. The van der Waals surface area contributed by atoms with E-state index in [-0.39, 0.29) is 6.61 Å². The molecule has 4 atom stereocenters. The van der Waals surface area contributed by atoms with E-state index in [2.05, 4.69) is 6.92 Å². The Bertz CT molecular complexity index is 282. The quantitative estimate of drug-likeness (QED) is 0.400. The molecule has 124 valence electrons. The van der Waals surface area contributed by atoms with Crippen molar-refractivity contribution in [3.63, 3.8) is 0 Å². The number of unbranched alkanes of at least 4 members (excludes halogenated alkanes) is 6. The highest BCUT2D eigenvalue weighted by molar-refractivity contribution is 4.90. The minimum absolute atomic E-state index is 0.226. The van der Waals surface area contributed by atoms with Crippen LogP contribution in [0.1, 0.15) is 51.9 Å². The highest BCUT2D eigenvalue weighted by atomic mass is 16.6. The van der Waals surface area contributed by atoms with Crippen LogP contribution in [0, 0.1) is 0 Å². The first-order chi connectivity index (χ1) is 10.2. The lowest BCUT2D eigenvalue weighted by molar-refractivity contribution is -0.0689. The fourth-order valence-electron chi connectivity index (χ4n) is 2.44. The smallest absolute Gasteiger partial charge is 0.149 e. The number of ether oxygens (including phenoxy) is 2. The Balaban J connectivity index is 2.08. The van der Waals surface area contributed by atoms with E-state index in [0.29, 0.717) is 0 Å². The van der Waals surface area contributed by atoms with Gasteiger partial charge in [-0.3, -0.25) is 0 Å². The Morgan fingerprint density at radius 1 is 1.24 bits per heavy atom. The molecule has 0 bridgehead atoms. The molecule has 0 aromatic rings. The average molecular weight is 302 g/mol. The van der Waals surface area contributed by atoms with Crippen molar-refractivity contribution in [1.29, 1.82) is 0 Å². The number of rotatable bonds is 11. The summed E-state index contributed by atoms with van der Waals surface area (Å²) in [6, 6.07) is 0. The Hall–Kier alpha value is -0.620. The van der Waals surface area contributed by atoms with Crippen molar-refractivity contribution in [2.75, 3.05) is 13.2 Å². The molecule has 0 amide bonds. The Morgan fingerprint density at radius 3 is 2.67 bits per heavy atom. The zero-order valence-electron chi connectivity index (χ0n) is 13.0. The van der Waals surface area contributed by atoms with Gasteiger partial charge in [-0.1, -0.05) is 39.0 Å². The lowest BCUT2D eigenvalue weighted by Gasteiger charge is -2.20. The van der Waals surface area contributed by atoms with E-state index < -0.39 is 31.0 Å². The van der Waals surface area contributed by atoms with Crippen molar-refractivity contribution in [3.05, 3.63) is 12.3 Å². The summed E-state index contributed by atoms with van der Waals surface area (Å²) in [6.07, 6.45) is 8.90. The van der Waals surface area contributed by atoms with Gasteiger partial charge >= 0.3 is 0 Å². The first kappa shape index (κ1) is 18.4. The highest BCUT2D eigenvalue weighted by Crippen LogP contribution is 2.20. The lowest BCUT2D eigenvalue weighted by atomic mass is 10.1. The van der Waals surface area contributed by atoms with Crippen LogP contribution in [0.15, 0.2) is 12.3 Å². The Kier molecular flexibility index (Phi) is 9.67. The van der Waals surface area contributed by atoms with Gasteiger partial charge in [-0.2, -0.15) is 0 Å². The van der Waals surface area contributed by atoms with Gasteiger partial charge in [0.25, 0.3) is 0 Å². The van der Waals surface area contributed by atoms with E-state index in [1.54, 1.807) is 6.26 Å². The van der Waals surface area contributed by atoms with Gasteiger partial charge in [-0.15, -0.1) is 0 Å². The van der Waals surface area contributed by atoms with Crippen LogP contribution in [-0.4, -0.2) is 52.9 Å². The van der Waals surface area contributed by atoms with Crippen molar-refractivity contribution in [2.45, 2.75) is 76.3 Å². The molecule has 0 aromatic heterocycles. The van der Waals surface area contributed by atoms with Crippen LogP contribution < -0.4 is 0 Å². The predicted octanol–water partition coefficient (Wildman–Crippen LogP) is 1.75. The maximum Gasteiger partial charge on any atom is 0.149 e. The molecule has 1 aliphatic heterocycles. The Morgan fingerprint density at radius 2 is 1.95 bits per heavy atom. The zero-order chi connectivity index (χ0) is 15.5. The van der Waals surface area contributed by atoms with Gasteiger partial charge in [-0.05, 0) is 18.9 Å². The largest absolute Gasteiger partial charge is 0.493 e. The summed E-state index contributed by atoms with van der Waals surface area (Å²) in [5.74, 6) is 0. The van der Waals surface area contributed by atoms with Gasteiger partial charge in [-0.25, -0.2) is 0 Å². The molecule has 1 saturated heterocycles. The first-order valence-electron chi connectivity index (χ1n) is 8.09. The molecule has 0 aliphatic carbocycles. The molecule has 1 rings (SSSR count). The number of aliphatic hydroxyl groups excluding tert-OH is 3. The third-order valence-electron chi connectivity index (χ3n) is 3.81. The van der Waals surface area contributed by atoms with Gasteiger partial charge < -0.3 is 24.8 Å². The minimum atomic E-state index is -1.07. The summed E-state index contributed by atoms with van der Waals surface area (Å²) in [7, 11) is 0. The number of hydrogen-bond donors (Lipinski definition) is 3. The summed E-state index contributed by atoms with van der Waals surface area (Å²) < 4.78 is 10.7. The molecular formula is C16H30O5. The molecule has 0 saturated carbocycles. The lowest BCUT2D eigenvalue weighted by Crippen LogP contribution is -2.40. The molecule has 3 N–H and O–H groups in total. The predicted molar refractivity (Wildman–Crippen MR) is 80.8 cm³/mol. The van der Waals surface area contributed by atoms with E-state index in [1.807, 2.05) is 6.08 Å². The maximum atomic E-state index is 9.92. The summed E-state index contributed by atoms with van der Waals surface area (Å²) in [4.78, 5) is 0. The monoisotopic (exact) mass is 302 g/mol. The van der Waals surface area contributed by atoms with Crippen molar-refractivity contribution < 1.29 is 24.8 Å². The van der Waals surface area contributed by atoms with E-state index in [0.717, 1.165) is 12.8 Å². The van der Waals surface area contributed by atoms with Crippen LogP contribution >= 0.6 is 0 Å². The molecule has 0 aromatic carbocycles. The zero-order valence-corrected chi connectivity index (χ0v) is 13.0. The summed E-state index contributed by atoms with van der Waals surface area (Å²) in [6.45, 7) is 2.01. The second-order valence-electron chi connectivity index (χ2n) is 5.64. The molecule has 0 radical (unpaired) electrons. The van der Waals surface area contributed by atoms with Crippen molar-refractivity contribution in [2.24, 2.45) is 0 Å². The third-order valence-corrected chi connectivity index (χ3v) is 3.81. The molecule has 0 spiro atoms. The van der Waals surface area contributed by atoms with Crippen LogP contribution in [0.5, 0.6) is 0 Å². The molecule has 5 nitrogen and oxygen atoms in total. The molecular weight excluding hydrogens is 272 g/mol. The average Bonchev–Trinajstić information content (AvgIpc) is 2.86.